The van der Waals surface area contributed by atoms with E-state index in [0.717, 1.165) is 22.7 Å². The lowest BCUT2D eigenvalue weighted by Crippen LogP contribution is -1.86. The third-order valence-corrected chi connectivity index (χ3v) is 1.87. The summed E-state index contributed by atoms with van der Waals surface area (Å²) < 4.78 is 0. The van der Waals surface area contributed by atoms with E-state index >= 15 is 0 Å². The summed E-state index contributed by atoms with van der Waals surface area (Å²) in [5.41, 5.74) is 24.5. The highest BCUT2D eigenvalue weighted by Crippen LogP contribution is 2.05. The summed E-state index contributed by atoms with van der Waals surface area (Å²) in [6, 6.07) is 14.2. The first-order chi connectivity index (χ1) is 7.58. The van der Waals surface area contributed by atoms with E-state index in [1.165, 1.54) is 0 Å². The number of rotatable bonds is 0. The maximum absolute atomic E-state index is 5.37. The van der Waals surface area contributed by atoms with Crippen molar-refractivity contribution >= 4 is 22.7 Å². The smallest absolute Gasteiger partial charge is 0.0315 e. The minimum atomic E-state index is 0.749. The molecule has 0 atom stereocenters. The average Bonchev–Trinajstić information content (AvgIpc) is 2.28. The molecular weight excluding hydrogens is 200 g/mol. The van der Waals surface area contributed by atoms with Crippen molar-refractivity contribution in [1.29, 1.82) is 0 Å². The van der Waals surface area contributed by atoms with Gasteiger partial charge in [0.25, 0.3) is 0 Å². The van der Waals surface area contributed by atoms with Gasteiger partial charge in [0.1, 0.15) is 0 Å². The van der Waals surface area contributed by atoms with Crippen LogP contribution in [-0.4, -0.2) is 0 Å². The van der Waals surface area contributed by atoms with Gasteiger partial charge in [-0.15, -0.1) is 0 Å². The SMILES string of the molecule is Nc1ccc(N)cc1.Nc1ccc(N)cc1. The van der Waals surface area contributed by atoms with Crippen LogP contribution in [0.3, 0.4) is 0 Å². The summed E-state index contributed by atoms with van der Waals surface area (Å²) >= 11 is 0. The maximum atomic E-state index is 5.37. The molecule has 0 saturated carbocycles. The summed E-state index contributed by atoms with van der Waals surface area (Å²) in [4.78, 5) is 0. The fourth-order valence-electron chi connectivity index (χ4n) is 0.992. The molecule has 0 amide bonds. The third-order valence-electron chi connectivity index (χ3n) is 1.87. The van der Waals surface area contributed by atoms with Gasteiger partial charge in [-0.05, 0) is 48.5 Å². The molecule has 0 aliphatic carbocycles. The Kier molecular flexibility index (Phi) is 4.03. The first-order valence-corrected chi connectivity index (χ1v) is 4.80. The Labute approximate surface area is 94.9 Å². The largest absolute Gasteiger partial charge is 0.399 e. The molecule has 0 aliphatic heterocycles. The standard InChI is InChI=1S/2C6H8N2/c2*7-5-1-2-6(8)4-3-5/h2*1-4H,7-8H2. The van der Waals surface area contributed by atoms with Crippen LogP contribution >= 0.6 is 0 Å². The molecule has 4 heteroatoms. The Hall–Kier alpha value is -2.36. The Bertz CT molecular complexity index is 334. The van der Waals surface area contributed by atoms with Crippen LogP contribution in [0.4, 0.5) is 22.7 Å². The molecule has 0 saturated heterocycles. The van der Waals surface area contributed by atoms with Gasteiger partial charge in [0.05, 0.1) is 0 Å². The molecule has 16 heavy (non-hydrogen) atoms. The predicted molar refractivity (Wildman–Crippen MR) is 70.5 cm³/mol. The van der Waals surface area contributed by atoms with Crippen LogP contribution in [0.1, 0.15) is 0 Å². The van der Waals surface area contributed by atoms with E-state index < -0.39 is 0 Å². The van der Waals surface area contributed by atoms with Crippen molar-refractivity contribution in [2.75, 3.05) is 22.9 Å². The van der Waals surface area contributed by atoms with Crippen LogP contribution in [0.5, 0.6) is 0 Å². The first-order valence-electron chi connectivity index (χ1n) is 4.80. The van der Waals surface area contributed by atoms with E-state index in [-0.39, 0.29) is 0 Å². The van der Waals surface area contributed by atoms with Crippen molar-refractivity contribution in [1.82, 2.24) is 0 Å². The number of hydrogen-bond acceptors (Lipinski definition) is 4. The monoisotopic (exact) mass is 216 g/mol. The molecule has 2 rings (SSSR count). The summed E-state index contributed by atoms with van der Waals surface area (Å²) in [7, 11) is 0. The van der Waals surface area contributed by atoms with E-state index in [1.807, 2.05) is 0 Å². The molecular formula is C12H16N4. The van der Waals surface area contributed by atoms with Gasteiger partial charge in [0, 0.05) is 22.7 Å². The zero-order chi connectivity index (χ0) is 12.0. The van der Waals surface area contributed by atoms with Crippen molar-refractivity contribution in [2.45, 2.75) is 0 Å². The van der Waals surface area contributed by atoms with Crippen LogP contribution < -0.4 is 22.9 Å². The van der Waals surface area contributed by atoms with Crippen LogP contribution in [0.15, 0.2) is 48.5 Å². The van der Waals surface area contributed by atoms with E-state index in [1.54, 1.807) is 48.5 Å². The quantitative estimate of drug-likeness (QED) is 0.503. The second-order valence-corrected chi connectivity index (χ2v) is 3.33. The highest BCUT2D eigenvalue weighted by atomic mass is 14.6. The van der Waals surface area contributed by atoms with Crippen LogP contribution in [0.2, 0.25) is 0 Å². The number of nitrogen functional groups attached to an aromatic ring is 4. The molecule has 84 valence electrons. The summed E-state index contributed by atoms with van der Waals surface area (Å²) in [5.74, 6) is 0. The van der Waals surface area contributed by atoms with Crippen LogP contribution in [0.25, 0.3) is 0 Å². The topological polar surface area (TPSA) is 104 Å². The van der Waals surface area contributed by atoms with E-state index in [4.69, 9.17) is 22.9 Å². The Morgan fingerprint density at radius 1 is 0.375 bits per heavy atom. The maximum Gasteiger partial charge on any atom is 0.0315 e. The molecule has 0 aromatic heterocycles. The molecule has 0 fully saturated rings. The van der Waals surface area contributed by atoms with E-state index in [0.29, 0.717) is 0 Å². The molecule has 4 nitrogen and oxygen atoms in total. The Morgan fingerprint density at radius 3 is 0.625 bits per heavy atom. The van der Waals surface area contributed by atoms with Gasteiger partial charge in [-0.2, -0.15) is 0 Å². The zero-order valence-corrected chi connectivity index (χ0v) is 8.93. The summed E-state index contributed by atoms with van der Waals surface area (Å²) in [5, 5.41) is 0. The van der Waals surface area contributed by atoms with Crippen LogP contribution in [0, 0.1) is 0 Å². The van der Waals surface area contributed by atoms with E-state index in [9.17, 15) is 0 Å². The third kappa shape index (κ3) is 4.23. The molecule has 0 unspecified atom stereocenters. The molecule has 8 N–H and O–H groups in total. The number of hydrogen-bond donors (Lipinski definition) is 4. The zero-order valence-electron chi connectivity index (χ0n) is 8.93. The molecule has 0 aliphatic rings. The number of benzene rings is 2. The summed E-state index contributed by atoms with van der Waals surface area (Å²) in [6.07, 6.45) is 0. The fourth-order valence-corrected chi connectivity index (χ4v) is 0.992. The first kappa shape index (κ1) is 11.7. The Balaban J connectivity index is 0.000000160. The minimum Gasteiger partial charge on any atom is -0.399 e. The molecule has 2 aromatic carbocycles. The Morgan fingerprint density at radius 2 is 0.500 bits per heavy atom. The highest BCUT2D eigenvalue weighted by molar-refractivity contribution is 5.48. The molecule has 2 aromatic rings. The van der Waals surface area contributed by atoms with Crippen molar-refractivity contribution in [3.63, 3.8) is 0 Å². The lowest BCUT2D eigenvalue weighted by atomic mass is 10.3. The molecule has 0 heterocycles. The van der Waals surface area contributed by atoms with Gasteiger partial charge < -0.3 is 22.9 Å². The lowest BCUT2D eigenvalue weighted by Gasteiger charge is -1.90. The van der Waals surface area contributed by atoms with Gasteiger partial charge in [-0.1, -0.05) is 0 Å². The van der Waals surface area contributed by atoms with Gasteiger partial charge in [-0.25, -0.2) is 0 Å². The normalized spacial score (nSPS) is 9.00. The minimum absolute atomic E-state index is 0.749. The lowest BCUT2D eigenvalue weighted by molar-refractivity contribution is 1.67. The van der Waals surface area contributed by atoms with Gasteiger partial charge >= 0.3 is 0 Å². The predicted octanol–water partition coefficient (Wildman–Crippen LogP) is 1.70. The van der Waals surface area contributed by atoms with Gasteiger partial charge in [0.2, 0.25) is 0 Å². The number of nitrogens with two attached hydrogens (primary N) is 4. The van der Waals surface area contributed by atoms with Crippen molar-refractivity contribution in [3.05, 3.63) is 48.5 Å². The highest BCUT2D eigenvalue weighted by Gasteiger charge is 1.81. The molecule has 0 radical (unpaired) electrons. The van der Waals surface area contributed by atoms with Crippen molar-refractivity contribution in [2.24, 2.45) is 0 Å². The van der Waals surface area contributed by atoms with Gasteiger partial charge in [0.15, 0.2) is 0 Å². The molecule has 0 spiro atoms. The average molecular weight is 216 g/mol. The fraction of sp³-hybridized carbons (Fsp3) is 0. The van der Waals surface area contributed by atoms with Crippen molar-refractivity contribution < 1.29 is 0 Å². The van der Waals surface area contributed by atoms with Gasteiger partial charge in [-0.3, -0.25) is 0 Å². The second-order valence-electron chi connectivity index (χ2n) is 3.33. The van der Waals surface area contributed by atoms with E-state index in [2.05, 4.69) is 0 Å². The number of anilines is 4. The van der Waals surface area contributed by atoms with Crippen LogP contribution in [-0.2, 0) is 0 Å². The summed E-state index contributed by atoms with van der Waals surface area (Å²) in [6.45, 7) is 0. The van der Waals surface area contributed by atoms with Crippen molar-refractivity contribution in [3.8, 4) is 0 Å². The molecule has 0 bridgehead atoms. The second kappa shape index (κ2) is 5.50.